The molecule has 2 aliphatic rings. The molecule has 15 heavy (non-hydrogen) atoms. The molecule has 1 N–H and O–H groups in total. The number of benzene rings is 1. The van der Waals surface area contributed by atoms with E-state index in [0.29, 0.717) is 12.1 Å². The highest BCUT2D eigenvalue weighted by Gasteiger charge is 2.21. The maximum absolute atomic E-state index is 5.87. The Morgan fingerprint density at radius 3 is 2.93 bits per heavy atom. The summed E-state index contributed by atoms with van der Waals surface area (Å²) in [7, 11) is 0. The summed E-state index contributed by atoms with van der Waals surface area (Å²) in [4.78, 5) is 0. The summed E-state index contributed by atoms with van der Waals surface area (Å²) in [6.45, 7) is 2.21. The third-order valence-electron chi connectivity index (χ3n) is 3.36. The Labute approximate surface area is 90.6 Å². The molecular formula is C13H17NO. The molecule has 0 saturated heterocycles. The first-order chi connectivity index (χ1) is 7.31. The lowest BCUT2D eigenvalue weighted by Gasteiger charge is -2.26. The number of hydrogen-bond donors (Lipinski definition) is 1. The van der Waals surface area contributed by atoms with Crippen LogP contribution in [0.3, 0.4) is 0 Å². The highest BCUT2D eigenvalue weighted by Crippen LogP contribution is 2.32. The summed E-state index contributed by atoms with van der Waals surface area (Å²) in [5, 5.41) is 3.47. The SMILES string of the molecule is CC1Cc2ccc(OC3CCC3)cc2N1. The van der Waals surface area contributed by atoms with Gasteiger partial charge >= 0.3 is 0 Å². The normalized spacial score (nSPS) is 24.2. The van der Waals surface area contributed by atoms with Crippen molar-refractivity contribution in [2.45, 2.75) is 44.8 Å². The van der Waals surface area contributed by atoms with Crippen molar-refractivity contribution in [1.82, 2.24) is 0 Å². The van der Waals surface area contributed by atoms with E-state index in [9.17, 15) is 0 Å². The molecule has 1 heterocycles. The molecule has 1 fully saturated rings. The molecule has 1 unspecified atom stereocenters. The van der Waals surface area contributed by atoms with Crippen LogP contribution in [-0.2, 0) is 6.42 Å². The number of fused-ring (bicyclic) bond motifs is 1. The van der Waals surface area contributed by atoms with Crippen molar-refractivity contribution < 1.29 is 4.74 Å². The standard InChI is InChI=1S/C13H17NO/c1-9-7-10-5-6-12(8-13(10)14-9)15-11-3-2-4-11/h5-6,8-9,11,14H,2-4,7H2,1H3. The minimum Gasteiger partial charge on any atom is -0.490 e. The molecule has 1 saturated carbocycles. The summed E-state index contributed by atoms with van der Waals surface area (Å²) in [5.41, 5.74) is 2.68. The fraction of sp³-hybridized carbons (Fsp3) is 0.538. The fourth-order valence-corrected chi connectivity index (χ4v) is 2.27. The monoisotopic (exact) mass is 203 g/mol. The van der Waals surface area contributed by atoms with Crippen LogP contribution in [0.15, 0.2) is 18.2 Å². The average Bonchev–Trinajstić information content (AvgIpc) is 2.50. The minimum absolute atomic E-state index is 0.474. The van der Waals surface area contributed by atoms with Crippen LogP contribution in [0.5, 0.6) is 5.75 Å². The van der Waals surface area contributed by atoms with Crippen molar-refractivity contribution in [3.63, 3.8) is 0 Å². The van der Waals surface area contributed by atoms with Gasteiger partial charge in [0.1, 0.15) is 5.75 Å². The third kappa shape index (κ3) is 1.69. The predicted molar refractivity (Wildman–Crippen MR) is 61.5 cm³/mol. The summed E-state index contributed by atoms with van der Waals surface area (Å²) >= 11 is 0. The quantitative estimate of drug-likeness (QED) is 0.797. The Hall–Kier alpha value is -1.18. The Bertz CT molecular complexity index is 371. The highest BCUT2D eigenvalue weighted by atomic mass is 16.5. The van der Waals surface area contributed by atoms with E-state index in [4.69, 9.17) is 4.74 Å². The number of ether oxygens (including phenoxy) is 1. The van der Waals surface area contributed by atoms with E-state index in [-0.39, 0.29) is 0 Å². The summed E-state index contributed by atoms with van der Waals surface area (Å²) in [6.07, 6.45) is 5.38. The smallest absolute Gasteiger partial charge is 0.121 e. The van der Waals surface area contributed by atoms with E-state index in [1.807, 2.05) is 0 Å². The Balaban J connectivity index is 1.77. The molecule has 2 nitrogen and oxygen atoms in total. The zero-order valence-electron chi connectivity index (χ0n) is 9.12. The Morgan fingerprint density at radius 1 is 1.33 bits per heavy atom. The van der Waals surface area contributed by atoms with Gasteiger partial charge in [-0.1, -0.05) is 6.07 Å². The molecule has 1 aromatic carbocycles. The molecule has 1 aliphatic heterocycles. The molecule has 2 heteroatoms. The van der Waals surface area contributed by atoms with Crippen molar-refractivity contribution in [2.75, 3.05) is 5.32 Å². The topological polar surface area (TPSA) is 21.3 Å². The van der Waals surface area contributed by atoms with Crippen LogP contribution in [0.1, 0.15) is 31.7 Å². The number of nitrogens with one attached hydrogen (secondary N) is 1. The van der Waals surface area contributed by atoms with Gasteiger partial charge in [-0.15, -0.1) is 0 Å². The van der Waals surface area contributed by atoms with Crippen LogP contribution >= 0.6 is 0 Å². The van der Waals surface area contributed by atoms with Crippen LogP contribution in [0, 0.1) is 0 Å². The van der Waals surface area contributed by atoms with Crippen LogP contribution in [0.2, 0.25) is 0 Å². The van der Waals surface area contributed by atoms with Gasteiger partial charge < -0.3 is 10.1 Å². The molecule has 3 rings (SSSR count). The molecule has 0 spiro atoms. The first kappa shape index (κ1) is 9.08. The lowest BCUT2D eigenvalue weighted by molar-refractivity contribution is 0.120. The predicted octanol–water partition coefficient (Wildman–Crippen LogP) is 2.97. The zero-order chi connectivity index (χ0) is 10.3. The number of rotatable bonds is 2. The molecule has 80 valence electrons. The van der Waals surface area contributed by atoms with Crippen molar-refractivity contribution in [1.29, 1.82) is 0 Å². The lowest BCUT2D eigenvalue weighted by Crippen LogP contribution is -2.24. The van der Waals surface area contributed by atoms with E-state index in [1.54, 1.807) is 0 Å². The van der Waals surface area contributed by atoms with Gasteiger partial charge in [0.05, 0.1) is 6.10 Å². The van der Waals surface area contributed by atoms with Gasteiger partial charge in [-0.25, -0.2) is 0 Å². The number of anilines is 1. The molecule has 0 radical (unpaired) electrons. The summed E-state index contributed by atoms with van der Waals surface area (Å²) in [5.74, 6) is 1.03. The maximum atomic E-state index is 5.87. The maximum Gasteiger partial charge on any atom is 0.121 e. The molecule has 1 atom stereocenters. The van der Waals surface area contributed by atoms with E-state index in [1.165, 1.54) is 30.5 Å². The van der Waals surface area contributed by atoms with Crippen LogP contribution < -0.4 is 10.1 Å². The van der Waals surface area contributed by atoms with Crippen molar-refractivity contribution in [3.8, 4) is 5.75 Å². The molecule has 0 bridgehead atoms. The van der Waals surface area contributed by atoms with E-state index >= 15 is 0 Å². The van der Waals surface area contributed by atoms with Gasteiger partial charge in [-0.05, 0) is 44.2 Å². The largest absolute Gasteiger partial charge is 0.490 e. The van der Waals surface area contributed by atoms with E-state index < -0.39 is 0 Å². The zero-order valence-corrected chi connectivity index (χ0v) is 9.12. The second kappa shape index (κ2) is 3.44. The van der Waals surface area contributed by atoms with Crippen LogP contribution in [-0.4, -0.2) is 12.1 Å². The highest BCUT2D eigenvalue weighted by molar-refractivity contribution is 5.59. The first-order valence-corrected chi connectivity index (χ1v) is 5.87. The first-order valence-electron chi connectivity index (χ1n) is 5.87. The third-order valence-corrected chi connectivity index (χ3v) is 3.36. The van der Waals surface area contributed by atoms with Gasteiger partial charge in [0.15, 0.2) is 0 Å². The average molecular weight is 203 g/mol. The number of hydrogen-bond acceptors (Lipinski definition) is 2. The van der Waals surface area contributed by atoms with Gasteiger partial charge in [-0.3, -0.25) is 0 Å². The fourth-order valence-electron chi connectivity index (χ4n) is 2.27. The van der Waals surface area contributed by atoms with Crippen LogP contribution in [0.25, 0.3) is 0 Å². The van der Waals surface area contributed by atoms with Gasteiger partial charge in [0.25, 0.3) is 0 Å². The molecule has 1 aliphatic carbocycles. The Morgan fingerprint density at radius 2 is 2.20 bits per heavy atom. The van der Waals surface area contributed by atoms with Gasteiger partial charge in [-0.2, -0.15) is 0 Å². The van der Waals surface area contributed by atoms with Gasteiger partial charge in [0.2, 0.25) is 0 Å². The van der Waals surface area contributed by atoms with Crippen molar-refractivity contribution >= 4 is 5.69 Å². The second-order valence-electron chi connectivity index (χ2n) is 4.74. The van der Waals surface area contributed by atoms with Crippen molar-refractivity contribution in [3.05, 3.63) is 23.8 Å². The minimum atomic E-state index is 0.474. The van der Waals surface area contributed by atoms with E-state index in [0.717, 1.165) is 12.2 Å². The van der Waals surface area contributed by atoms with E-state index in [2.05, 4.69) is 30.4 Å². The molecule has 0 aromatic heterocycles. The Kier molecular flexibility index (Phi) is 2.08. The molecule has 1 aromatic rings. The summed E-state index contributed by atoms with van der Waals surface area (Å²) < 4.78 is 5.87. The molecular weight excluding hydrogens is 186 g/mol. The van der Waals surface area contributed by atoms with Gasteiger partial charge in [0, 0.05) is 17.8 Å². The van der Waals surface area contributed by atoms with Crippen LogP contribution in [0.4, 0.5) is 5.69 Å². The molecule has 0 amide bonds. The summed E-state index contributed by atoms with van der Waals surface area (Å²) in [6, 6.07) is 7.02. The van der Waals surface area contributed by atoms with Crippen molar-refractivity contribution in [2.24, 2.45) is 0 Å². The second-order valence-corrected chi connectivity index (χ2v) is 4.74. The lowest BCUT2D eigenvalue weighted by atomic mass is 9.96.